The zero-order valence-electron chi connectivity index (χ0n) is 19.5. The van der Waals surface area contributed by atoms with E-state index in [9.17, 15) is 4.79 Å². The van der Waals surface area contributed by atoms with Gasteiger partial charge >= 0.3 is 0 Å². The third kappa shape index (κ3) is 4.00. The summed E-state index contributed by atoms with van der Waals surface area (Å²) in [4.78, 5) is 12.7. The van der Waals surface area contributed by atoms with Crippen molar-refractivity contribution in [1.29, 1.82) is 0 Å². The lowest BCUT2D eigenvalue weighted by atomic mass is 9.82. The molecule has 1 atom stereocenters. The highest BCUT2D eigenvalue weighted by molar-refractivity contribution is 8.27. The summed E-state index contributed by atoms with van der Waals surface area (Å²) in [5.74, 6) is -0.0810. The molecule has 8 heteroatoms. The van der Waals surface area contributed by atoms with Gasteiger partial charge in [-0.2, -0.15) is 5.10 Å². The number of halogens is 3. The molecule has 1 spiro atoms. The minimum absolute atomic E-state index is 0.0810. The van der Waals surface area contributed by atoms with Gasteiger partial charge in [-0.05, 0) is 59.2 Å². The average Bonchev–Trinajstić information content (AvgIpc) is 3.43. The van der Waals surface area contributed by atoms with Crippen molar-refractivity contribution in [3.63, 3.8) is 0 Å². The van der Waals surface area contributed by atoms with Gasteiger partial charge in [0.2, 0.25) is 0 Å². The van der Waals surface area contributed by atoms with Gasteiger partial charge in [0.1, 0.15) is 0 Å². The second-order valence-corrected chi connectivity index (χ2v) is 12.9. The highest BCUT2D eigenvalue weighted by Crippen LogP contribution is 2.71. The van der Waals surface area contributed by atoms with E-state index in [1.54, 1.807) is 18.7 Å². The van der Waals surface area contributed by atoms with Crippen LogP contribution >= 0.6 is 58.3 Å². The molecule has 0 aliphatic carbocycles. The van der Waals surface area contributed by atoms with Crippen LogP contribution in [0.5, 0.6) is 0 Å². The Morgan fingerprint density at radius 1 is 0.757 bits per heavy atom. The number of benzene rings is 4. The third-order valence-corrected chi connectivity index (χ3v) is 10.6. The maximum absolute atomic E-state index is 12.7. The molecule has 184 valence electrons. The number of fused-ring (bicyclic) bond motifs is 2. The van der Waals surface area contributed by atoms with Gasteiger partial charge in [0.05, 0.1) is 10.4 Å². The molecule has 0 amide bonds. The number of rotatable bonds is 4. The predicted molar refractivity (Wildman–Crippen MR) is 158 cm³/mol. The molecule has 0 saturated carbocycles. The molecule has 6 rings (SSSR count). The summed E-state index contributed by atoms with van der Waals surface area (Å²) in [6.45, 7) is 1.55. The average molecular weight is 582 g/mol. The number of nitrogens with zero attached hydrogens (tertiary/aromatic N) is 2. The molecular formula is C29H19Cl3N2OS2. The van der Waals surface area contributed by atoms with Crippen molar-refractivity contribution in [1.82, 2.24) is 0 Å². The van der Waals surface area contributed by atoms with E-state index in [2.05, 4.69) is 42.5 Å². The first-order chi connectivity index (χ1) is 17.8. The number of ketones is 1. The van der Waals surface area contributed by atoms with Crippen LogP contribution in [0.3, 0.4) is 0 Å². The minimum atomic E-state index is -0.762. The molecule has 37 heavy (non-hydrogen) atoms. The van der Waals surface area contributed by atoms with E-state index in [-0.39, 0.29) is 5.78 Å². The summed E-state index contributed by atoms with van der Waals surface area (Å²) in [5, 5.41) is 9.18. The molecule has 0 aromatic heterocycles. The van der Waals surface area contributed by atoms with E-state index in [1.807, 2.05) is 59.6 Å². The summed E-state index contributed by atoms with van der Waals surface area (Å²) in [6, 6.07) is 31.9. The quantitative estimate of drug-likeness (QED) is 0.241. The summed E-state index contributed by atoms with van der Waals surface area (Å²) in [6.07, 6.45) is 0. The van der Waals surface area contributed by atoms with Gasteiger partial charge in [0.25, 0.3) is 0 Å². The number of anilines is 1. The van der Waals surface area contributed by atoms with Crippen molar-refractivity contribution >= 4 is 74.8 Å². The van der Waals surface area contributed by atoms with Gasteiger partial charge in [-0.15, -0.1) is 0 Å². The second kappa shape index (κ2) is 9.40. The zero-order valence-corrected chi connectivity index (χ0v) is 23.4. The SMILES string of the molecule is CC(=O)C1=NN(c2cccc(Cl)c2)[C@]2(S1)SC(c1ccc(Cl)cc1)(c1ccc(Cl)cc1)c1ccccc12. The number of Topliss-reactive ketones (excluding diaryl/α,β-unsaturated/α-hetero) is 1. The standard InChI is InChI=1S/C29H19Cl3N2OS2/c1-18(35)27-33-34(24-6-4-5-23(32)17-24)29(36-27)26-8-3-2-7-25(26)28(37-29,19-9-13-21(30)14-10-19)20-11-15-22(31)16-12-20/h2-17H,1H3/t29-/m1/s1. The fourth-order valence-corrected chi connectivity index (χ4v) is 8.91. The Hall–Kier alpha value is -2.41. The maximum Gasteiger partial charge on any atom is 0.187 e. The lowest BCUT2D eigenvalue weighted by Crippen LogP contribution is -2.34. The highest BCUT2D eigenvalue weighted by atomic mass is 35.5. The molecule has 0 saturated heterocycles. The van der Waals surface area contributed by atoms with Crippen molar-refractivity contribution in [3.8, 4) is 0 Å². The Balaban J connectivity index is 1.65. The van der Waals surface area contributed by atoms with E-state index in [1.165, 1.54) is 11.8 Å². The molecule has 0 bridgehead atoms. The first kappa shape index (κ1) is 24.9. The Morgan fingerprint density at radius 3 is 1.92 bits per heavy atom. The topological polar surface area (TPSA) is 32.7 Å². The monoisotopic (exact) mass is 580 g/mol. The van der Waals surface area contributed by atoms with Crippen LogP contribution in [0.1, 0.15) is 29.2 Å². The molecule has 2 heterocycles. The number of carbonyl (C=O) groups is 1. The van der Waals surface area contributed by atoms with E-state index >= 15 is 0 Å². The number of hydrazone groups is 1. The summed E-state index contributed by atoms with van der Waals surface area (Å²) in [5.41, 5.74) is 5.12. The van der Waals surface area contributed by atoms with Crippen molar-refractivity contribution in [2.45, 2.75) is 15.9 Å². The molecule has 0 unspecified atom stereocenters. The molecular weight excluding hydrogens is 563 g/mol. The molecule has 0 radical (unpaired) electrons. The smallest absolute Gasteiger partial charge is 0.187 e. The van der Waals surface area contributed by atoms with Gasteiger partial charge in [0, 0.05) is 27.6 Å². The summed E-state index contributed by atoms with van der Waals surface area (Å²) < 4.78 is -1.39. The van der Waals surface area contributed by atoms with Crippen LogP contribution < -0.4 is 5.01 Å². The van der Waals surface area contributed by atoms with Crippen LogP contribution in [0.4, 0.5) is 5.69 Å². The Labute approximate surface area is 238 Å². The van der Waals surface area contributed by atoms with Crippen molar-refractivity contribution in [2.24, 2.45) is 5.10 Å². The first-order valence-corrected chi connectivity index (χ1v) is 14.3. The van der Waals surface area contributed by atoms with Crippen LogP contribution in [-0.4, -0.2) is 10.8 Å². The third-order valence-electron chi connectivity index (χ3n) is 6.50. The van der Waals surface area contributed by atoms with Crippen molar-refractivity contribution in [2.75, 3.05) is 5.01 Å². The van der Waals surface area contributed by atoms with Gasteiger partial charge < -0.3 is 0 Å². The summed E-state index contributed by atoms with van der Waals surface area (Å²) >= 11 is 22.3. The van der Waals surface area contributed by atoms with Crippen molar-refractivity contribution in [3.05, 3.63) is 134 Å². The predicted octanol–water partition coefficient (Wildman–Crippen LogP) is 8.95. The van der Waals surface area contributed by atoms with Crippen LogP contribution in [-0.2, 0) is 13.7 Å². The van der Waals surface area contributed by atoms with E-state index in [0.717, 1.165) is 27.9 Å². The van der Waals surface area contributed by atoms with Gasteiger partial charge in [-0.1, -0.05) is 113 Å². The van der Waals surface area contributed by atoms with E-state index in [4.69, 9.17) is 39.9 Å². The van der Waals surface area contributed by atoms with Crippen LogP contribution in [0.2, 0.25) is 15.1 Å². The van der Waals surface area contributed by atoms with Crippen LogP contribution in [0, 0.1) is 0 Å². The largest absolute Gasteiger partial charge is 0.292 e. The normalized spacial score (nSPS) is 19.7. The highest BCUT2D eigenvalue weighted by Gasteiger charge is 2.61. The Kier molecular flexibility index (Phi) is 6.33. The van der Waals surface area contributed by atoms with Gasteiger partial charge in [-0.3, -0.25) is 4.79 Å². The molecule has 4 aromatic rings. The molecule has 0 N–H and O–H groups in total. The van der Waals surface area contributed by atoms with Gasteiger partial charge in [-0.25, -0.2) is 5.01 Å². The Bertz CT molecular complexity index is 1510. The Morgan fingerprint density at radius 2 is 1.35 bits per heavy atom. The van der Waals surface area contributed by atoms with Crippen LogP contribution in [0.25, 0.3) is 0 Å². The molecule has 4 aromatic carbocycles. The van der Waals surface area contributed by atoms with Gasteiger partial charge in [0.15, 0.2) is 15.0 Å². The zero-order chi connectivity index (χ0) is 25.8. The fourth-order valence-electron chi connectivity index (χ4n) is 4.91. The molecule has 2 aliphatic heterocycles. The number of carbonyl (C=O) groups excluding carboxylic acids is 1. The molecule has 2 aliphatic rings. The maximum atomic E-state index is 12.7. The first-order valence-electron chi connectivity index (χ1n) is 11.5. The van der Waals surface area contributed by atoms with Crippen molar-refractivity contribution < 1.29 is 4.79 Å². The lowest BCUT2D eigenvalue weighted by molar-refractivity contribution is -0.110. The summed E-state index contributed by atoms with van der Waals surface area (Å²) in [7, 11) is 0. The molecule has 3 nitrogen and oxygen atoms in total. The lowest BCUT2D eigenvalue weighted by Gasteiger charge is -2.37. The number of hydrogen-bond donors (Lipinski definition) is 0. The fraction of sp³-hybridized carbons (Fsp3) is 0.103. The number of thioether (sulfide) groups is 2. The van der Waals surface area contributed by atoms with Crippen LogP contribution in [0.15, 0.2) is 102 Å². The minimum Gasteiger partial charge on any atom is -0.292 e. The van der Waals surface area contributed by atoms with E-state index in [0.29, 0.717) is 20.1 Å². The molecule has 0 fully saturated rings. The van der Waals surface area contributed by atoms with E-state index < -0.39 is 8.95 Å². The second-order valence-electron chi connectivity index (χ2n) is 8.78. The number of hydrogen-bond acceptors (Lipinski definition) is 5.